The van der Waals surface area contributed by atoms with Crippen LogP contribution in [-0.4, -0.2) is 12.1 Å². The average Bonchev–Trinajstić information content (AvgIpc) is 2.15. The molecule has 0 saturated heterocycles. The maximum atomic E-state index is 12.2. The van der Waals surface area contributed by atoms with Crippen LogP contribution in [0.3, 0.4) is 0 Å². The molecule has 0 N–H and O–H groups in total. The number of hydrogen-bond acceptors (Lipinski definition) is 2. The summed E-state index contributed by atoms with van der Waals surface area (Å²) in [7, 11) is 0. The third kappa shape index (κ3) is 3.43. The fraction of sp³-hybridized carbons (Fsp3) is 0.857. The maximum absolute atomic E-state index is 12.2. The van der Waals surface area contributed by atoms with Gasteiger partial charge in [0.25, 0.3) is 0 Å². The van der Waals surface area contributed by atoms with Gasteiger partial charge in [0.2, 0.25) is 0 Å². The van der Waals surface area contributed by atoms with Crippen molar-refractivity contribution in [1.82, 2.24) is 0 Å². The molecule has 0 aromatic rings. The van der Waals surface area contributed by atoms with Crippen molar-refractivity contribution < 1.29 is 9.59 Å². The van der Waals surface area contributed by atoms with Crippen LogP contribution >= 0.6 is 0 Å². The van der Waals surface area contributed by atoms with Crippen molar-refractivity contribution in [3.8, 4) is 0 Å². The van der Waals surface area contributed by atoms with Crippen LogP contribution in [0.4, 0.5) is 0 Å². The molecule has 0 radical (unpaired) electrons. The second-order valence-corrected chi connectivity index (χ2v) is 6.39. The number of ketones is 1. The molecule has 94 valence electrons. The fourth-order valence-electron chi connectivity index (χ4n) is 1.31. The minimum Gasteiger partial charge on any atom is -0.303 e. The van der Waals surface area contributed by atoms with Gasteiger partial charge in [-0.25, -0.2) is 0 Å². The third-order valence-electron chi connectivity index (χ3n) is 4.21. The van der Waals surface area contributed by atoms with Crippen LogP contribution in [0, 0.1) is 22.7 Å². The van der Waals surface area contributed by atoms with Gasteiger partial charge in [0, 0.05) is 17.8 Å². The Bertz CT molecular complexity index is 262. The van der Waals surface area contributed by atoms with E-state index in [1.54, 1.807) is 0 Å². The quantitative estimate of drug-likeness (QED) is 0.650. The second-order valence-electron chi connectivity index (χ2n) is 6.39. The summed E-state index contributed by atoms with van der Waals surface area (Å²) in [5.41, 5.74) is -0.551. The van der Waals surface area contributed by atoms with Gasteiger partial charge in [-0.15, -0.1) is 0 Å². The molecule has 0 aliphatic carbocycles. The Balaban J connectivity index is 4.75. The molecule has 0 saturated carbocycles. The van der Waals surface area contributed by atoms with Gasteiger partial charge in [0.15, 0.2) is 0 Å². The van der Waals surface area contributed by atoms with E-state index in [9.17, 15) is 9.59 Å². The molecule has 2 heteroatoms. The van der Waals surface area contributed by atoms with Crippen LogP contribution in [0.1, 0.15) is 54.9 Å². The van der Waals surface area contributed by atoms with Crippen LogP contribution in [-0.2, 0) is 9.59 Å². The number of aldehydes is 1. The van der Waals surface area contributed by atoms with E-state index in [2.05, 4.69) is 13.8 Å². The van der Waals surface area contributed by atoms with Crippen molar-refractivity contribution in [2.75, 3.05) is 0 Å². The molecular formula is C14H26O2. The summed E-state index contributed by atoms with van der Waals surface area (Å²) in [6.45, 7) is 14.0. The van der Waals surface area contributed by atoms with Crippen molar-refractivity contribution in [3.05, 3.63) is 0 Å². The zero-order valence-electron chi connectivity index (χ0n) is 11.8. The van der Waals surface area contributed by atoms with Gasteiger partial charge >= 0.3 is 0 Å². The standard InChI is InChI=1S/C14H26O2/c1-10(2)14(6,7)12(16)8-13(4,5)11(3)9-15/h9-11H,8H2,1-7H3. The summed E-state index contributed by atoms with van der Waals surface area (Å²) in [5, 5.41) is 0. The lowest BCUT2D eigenvalue weighted by Crippen LogP contribution is -2.35. The summed E-state index contributed by atoms with van der Waals surface area (Å²) in [6.07, 6.45) is 1.41. The molecule has 2 nitrogen and oxygen atoms in total. The first-order valence-electron chi connectivity index (χ1n) is 6.04. The van der Waals surface area contributed by atoms with E-state index in [0.29, 0.717) is 12.3 Å². The number of carbonyl (C=O) groups excluding carboxylic acids is 2. The fourth-order valence-corrected chi connectivity index (χ4v) is 1.31. The molecule has 16 heavy (non-hydrogen) atoms. The van der Waals surface area contributed by atoms with E-state index in [0.717, 1.165) is 6.29 Å². The van der Waals surface area contributed by atoms with Crippen molar-refractivity contribution in [3.63, 3.8) is 0 Å². The van der Waals surface area contributed by atoms with Gasteiger partial charge in [-0.05, 0) is 11.3 Å². The number of rotatable bonds is 6. The van der Waals surface area contributed by atoms with Crippen molar-refractivity contribution >= 4 is 12.1 Å². The number of hydrogen-bond donors (Lipinski definition) is 0. The van der Waals surface area contributed by atoms with E-state index in [-0.39, 0.29) is 22.5 Å². The highest BCUT2D eigenvalue weighted by atomic mass is 16.1. The Kier molecular flexibility index (Phi) is 4.90. The molecule has 0 rings (SSSR count). The summed E-state index contributed by atoms with van der Waals surface area (Å²) < 4.78 is 0. The Hall–Kier alpha value is -0.660. The number of carbonyl (C=O) groups is 2. The Morgan fingerprint density at radius 2 is 1.56 bits per heavy atom. The highest BCUT2D eigenvalue weighted by Gasteiger charge is 2.36. The predicted molar refractivity (Wildman–Crippen MR) is 67.3 cm³/mol. The highest BCUT2D eigenvalue weighted by Crippen LogP contribution is 2.36. The minimum atomic E-state index is -0.306. The molecule has 0 heterocycles. The lowest BCUT2D eigenvalue weighted by molar-refractivity contribution is -0.132. The van der Waals surface area contributed by atoms with Gasteiger partial charge in [-0.3, -0.25) is 4.79 Å². The monoisotopic (exact) mass is 226 g/mol. The summed E-state index contributed by atoms with van der Waals surface area (Å²) in [4.78, 5) is 23.0. The predicted octanol–water partition coefficient (Wildman–Crippen LogP) is 3.49. The van der Waals surface area contributed by atoms with Crippen LogP contribution in [0.2, 0.25) is 0 Å². The van der Waals surface area contributed by atoms with Crippen LogP contribution in [0.5, 0.6) is 0 Å². The van der Waals surface area contributed by atoms with E-state index in [4.69, 9.17) is 0 Å². The molecule has 0 aliphatic heterocycles. The average molecular weight is 226 g/mol. The van der Waals surface area contributed by atoms with E-state index >= 15 is 0 Å². The molecule has 0 spiro atoms. The first kappa shape index (κ1) is 15.3. The Morgan fingerprint density at radius 3 is 1.88 bits per heavy atom. The third-order valence-corrected chi connectivity index (χ3v) is 4.21. The Labute approximate surface area is 99.8 Å². The zero-order chi connectivity index (χ0) is 13.1. The SMILES string of the molecule is CC(C=O)C(C)(C)CC(=O)C(C)(C)C(C)C. The highest BCUT2D eigenvalue weighted by molar-refractivity contribution is 5.85. The van der Waals surface area contributed by atoms with Gasteiger partial charge in [0.1, 0.15) is 12.1 Å². The van der Waals surface area contributed by atoms with Crippen LogP contribution in [0.25, 0.3) is 0 Å². The van der Waals surface area contributed by atoms with Gasteiger partial charge in [-0.2, -0.15) is 0 Å². The smallest absolute Gasteiger partial charge is 0.139 e. The zero-order valence-corrected chi connectivity index (χ0v) is 11.8. The molecule has 1 unspecified atom stereocenters. The summed E-state index contributed by atoms with van der Waals surface area (Å²) in [5.74, 6) is 0.489. The van der Waals surface area contributed by atoms with Crippen molar-refractivity contribution in [2.24, 2.45) is 22.7 Å². The minimum absolute atomic E-state index is 0.0839. The molecular weight excluding hydrogens is 200 g/mol. The molecule has 0 aromatic carbocycles. The normalized spacial score (nSPS) is 15.0. The van der Waals surface area contributed by atoms with Crippen LogP contribution < -0.4 is 0 Å². The van der Waals surface area contributed by atoms with Crippen LogP contribution in [0.15, 0.2) is 0 Å². The molecule has 0 fully saturated rings. The van der Waals surface area contributed by atoms with Gasteiger partial charge < -0.3 is 4.79 Å². The Morgan fingerprint density at radius 1 is 1.12 bits per heavy atom. The summed E-state index contributed by atoms with van der Waals surface area (Å²) in [6, 6.07) is 0. The second kappa shape index (κ2) is 5.11. The molecule has 0 bridgehead atoms. The molecule has 1 atom stereocenters. The molecule has 0 amide bonds. The summed E-state index contributed by atoms with van der Waals surface area (Å²) >= 11 is 0. The lowest BCUT2D eigenvalue weighted by Gasteiger charge is -2.34. The molecule has 0 aromatic heterocycles. The van der Waals surface area contributed by atoms with Gasteiger partial charge in [0.05, 0.1) is 0 Å². The maximum Gasteiger partial charge on any atom is 0.139 e. The first-order chi connectivity index (χ1) is 7.05. The van der Waals surface area contributed by atoms with Gasteiger partial charge in [-0.1, -0.05) is 48.5 Å². The van der Waals surface area contributed by atoms with E-state index in [1.165, 1.54) is 0 Å². The number of Topliss-reactive ketones (excluding diaryl/α,β-unsaturated/α-hetero) is 1. The topological polar surface area (TPSA) is 34.1 Å². The van der Waals surface area contributed by atoms with Crippen molar-refractivity contribution in [1.29, 1.82) is 0 Å². The van der Waals surface area contributed by atoms with Crippen molar-refractivity contribution in [2.45, 2.75) is 54.9 Å². The molecule has 0 aliphatic rings. The lowest BCUT2D eigenvalue weighted by atomic mass is 9.69. The largest absolute Gasteiger partial charge is 0.303 e. The van der Waals surface area contributed by atoms with E-state index < -0.39 is 0 Å². The van der Waals surface area contributed by atoms with E-state index in [1.807, 2.05) is 34.6 Å². The first-order valence-corrected chi connectivity index (χ1v) is 6.04.